The number of aliphatic hydroxyl groups excluding tert-OH is 1. The van der Waals surface area contributed by atoms with Gasteiger partial charge in [0.15, 0.2) is 14.1 Å². The van der Waals surface area contributed by atoms with Crippen LogP contribution in [-0.2, 0) is 13.9 Å². The third-order valence-electron chi connectivity index (χ3n) is 5.00. The highest BCUT2D eigenvalue weighted by Gasteiger charge is 2.53. The zero-order valence-corrected chi connectivity index (χ0v) is 15.4. The summed E-state index contributed by atoms with van der Waals surface area (Å²) in [5, 5.41) is 10.4. The van der Waals surface area contributed by atoms with Gasteiger partial charge < -0.3 is 19.0 Å². The summed E-state index contributed by atoms with van der Waals surface area (Å²) in [6, 6.07) is 0. The highest BCUT2D eigenvalue weighted by Crippen LogP contribution is 2.44. The normalized spacial score (nSPS) is 36.7. The van der Waals surface area contributed by atoms with Crippen molar-refractivity contribution in [2.24, 2.45) is 0 Å². The molecule has 21 heavy (non-hydrogen) atoms. The molecule has 1 N–H and O–H groups in total. The number of ether oxygens (including phenoxy) is 2. The van der Waals surface area contributed by atoms with E-state index < -0.39 is 20.2 Å². The van der Waals surface area contributed by atoms with Gasteiger partial charge in [0.05, 0.1) is 12.2 Å². The highest BCUT2D eigenvalue weighted by atomic mass is 28.4. The van der Waals surface area contributed by atoms with Crippen LogP contribution < -0.4 is 0 Å². The van der Waals surface area contributed by atoms with Crippen molar-refractivity contribution in [2.75, 3.05) is 0 Å². The van der Waals surface area contributed by atoms with Crippen molar-refractivity contribution in [3.05, 3.63) is 12.2 Å². The van der Waals surface area contributed by atoms with Crippen molar-refractivity contribution in [3.63, 3.8) is 0 Å². The molecule has 0 radical (unpaired) electrons. The Morgan fingerprint density at radius 1 is 1.29 bits per heavy atom. The van der Waals surface area contributed by atoms with E-state index in [0.29, 0.717) is 12.0 Å². The highest BCUT2D eigenvalue weighted by molar-refractivity contribution is 6.74. The predicted molar refractivity (Wildman–Crippen MR) is 85.7 cm³/mol. The summed E-state index contributed by atoms with van der Waals surface area (Å²) in [4.78, 5) is 0. The van der Waals surface area contributed by atoms with E-state index >= 15 is 0 Å². The van der Waals surface area contributed by atoms with Gasteiger partial charge in [-0.05, 0) is 37.6 Å². The summed E-state index contributed by atoms with van der Waals surface area (Å²) in [5.74, 6) is -0.655. The van der Waals surface area contributed by atoms with Gasteiger partial charge in [0.1, 0.15) is 12.2 Å². The van der Waals surface area contributed by atoms with Crippen LogP contribution in [0.25, 0.3) is 0 Å². The molecular weight excluding hydrogens is 284 g/mol. The number of aliphatic hydroxyl groups is 1. The molecule has 1 saturated carbocycles. The van der Waals surface area contributed by atoms with Crippen LogP contribution in [0.1, 0.15) is 41.0 Å². The SMILES string of the molecule is C=C1[C@H]2OC(C)(C)O[C@H]2[C@@H](O[Si](C)(C)C(C)(C)C)C[C@@H]1O. The minimum Gasteiger partial charge on any atom is -0.411 e. The quantitative estimate of drug-likeness (QED) is 0.628. The van der Waals surface area contributed by atoms with Gasteiger partial charge in [0.2, 0.25) is 0 Å². The molecule has 5 heteroatoms. The first kappa shape index (κ1) is 17.2. The Balaban J connectivity index is 2.22. The van der Waals surface area contributed by atoms with E-state index in [0.717, 1.165) is 0 Å². The van der Waals surface area contributed by atoms with Crippen LogP contribution in [0, 0.1) is 0 Å². The Labute approximate surface area is 129 Å². The van der Waals surface area contributed by atoms with E-state index in [-0.39, 0.29) is 23.4 Å². The topological polar surface area (TPSA) is 47.9 Å². The van der Waals surface area contributed by atoms with E-state index in [4.69, 9.17) is 13.9 Å². The van der Waals surface area contributed by atoms with Crippen molar-refractivity contribution in [2.45, 2.75) is 89.4 Å². The van der Waals surface area contributed by atoms with Crippen LogP contribution in [0.2, 0.25) is 18.1 Å². The van der Waals surface area contributed by atoms with Crippen LogP contribution in [0.3, 0.4) is 0 Å². The van der Waals surface area contributed by atoms with Crippen LogP contribution in [0.4, 0.5) is 0 Å². The van der Waals surface area contributed by atoms with Crippen LogP contribution in [0.5, 0.6) is 0 Å². The summed E-state index contributed by atoms with van der Waals surface area (Å²) < 4.78 is 18.5. The fourth-order valence-electron chi connectivity index (χ4n) is 2.71. The second kappa shape index (κ2) is 5.17. The van der Waals surface area contributed by atoms with Crippen molar-refractivity contribution in [1.82, 2.24) is 0 Å². The molecule has 2 aliphatic rings. The first-order valence-electron chi connectivity index (χ1n) is 7.74. The second-order valence-corrected chi connectivity index (χ2v) is 13.0. The first-order chi connectivity index (χ1) is 9.34. The maximum Gasteiger partial charge on any atom is 0.192 e. The summed E-state index contributed by atoms with van der Waals surface area (Å²) >= 11 is 0. The lowest BCUT2D eigenvalue weighted by molar-refractivity contribution is -0.151. The summed E-state index contributed by atoms with van der Waals surface area (Å²) in [7, 11) is -1.93. The molecule has 0 bridgehead atoms. The molecule has 4 atom stereocenters. The van der Waals surface area contributed by atoms with Gasteiger partial charge in [-0.15, -0.1) is 0 Å². The molecule has 0 aromatic rings. The molecule has 2 rings (SSSR count). The molecule has 0 unspecified atom stereocenters. The Hall–Kier alpha value is -0.203. The van der Waals surface area contributed by atoms with E-state index in [1.54, 1.807) is 0 Å². The molecule has 0 amide bonds. The molecule has 1 heterocycles. The summed E-state index contributed by atoms with van der Waals surface area (Å²) in [6.45, 7) is 18.9. The number of fused-ring (bicyclic) bond motifs is 1. The fraction of sp³-hybridized carbons (Fsp3) is 0.875. The Kier molecular flexibility index (Phi) is 4.22. The average molecular weight is 314 g/mol. The van der Waals surface area contributed by atoms with Crippen LogP contribution in [0.15, 0.2) is 12.2 Å². The van der Waals surface area contributed by atoms with E-state index in [1.807, 2.05) is 13.8 Å². The molecule has 1 aliphatic heterocycles. The number of rotatable bonds is 2. The van der Waals surface area contributed by atoms with Gasteiger partial charge in [-0.25, -0.2) is 0 Å². The van der Waals surface area contributed by atoms with E-state index in [9.17, 15) is 5.11 Å². The summed E-state index contributed by atoms with van der Waals surface area (Å²) in [6.07, 6.45) is -0.647. The zero-order valence-electron chi connectivity index (χ0n) is 14.4. The molecule has 1 saturated heterocycles. The van der Waals surface area contributed by atoms with Gasteiger partial charge in [-0.3, -0.25) is 0 Å². The Bertz CT molecular complexity index is 424. The maximum absolute atomic E-state index is 10.3. The van der Waals surface area contributed by atoms with E-state index in [1.165, 1.54) is 0 Å². The molecule has 0 aromatic heterocycles. The lowest BCUT2D eigenvalue weighted by Gasteiger charge is -2.44. The minimum absolute atomic E-state index is 0.122. The largest absolute Gasteiger partial charge is 0.411 e. The zero-order chi connectivity index (χ0) is 16.2. The first-order valence-corrected chi connectivity index (χ1v) is 10.6. The van der Waals surface area contributed by atoms with Gasteiger partial charge in [0, 0.05) is 6.42 Å². The molecule has 4 nitrogen and oxygen atoms in total. The fourth-order valence-corrected chi connectivity index (χ4v) is 4.05. The van der Waals surface area contributed by atoms with Gasteiger partial charge >= 0.3 is 0 Å². The monoisotopic (exact) mass is 314 g/mol. The standard InChI is InChI=1S/C16H30O4Si/c1-10-11(17)9-12(20-21(7,8)15(2,3)4)14-13(10)18-16(5,6)19-14/h11-14,17H,1,9H2,2-8H3/t11-,12-,13+,14-/m0/s1. The van der Waals surface area contributed by atoms with Crippen molar-refractivity contribution >= 4 is 8.32 Å². The molecule has 2 fully saturated rings. The summed E-state index contributed by atoms with van der Waals surface area (Å²) in [5.41, 5.74) is 0.709. The molecule has 1 aliphatic carbocycles. The lowest BCUT2D eigenvalue weighted by Crippen LogP contribution is -2.53. The Morgan fingerprint density at radius 2 is 1.86 bits per heavy atom. The molecule has 0 aromatic carbocycles. The maximum atomic E-state index is 10.3. The molecule has 0 spiro atoms. The van der Waals surface area contributed by atoms with Gasteiger partial charge in [-0.2, -0.15) is 0 Å². The van der Waals surface area contributed by atoms with Crippen LogP contribution in [-0.4, -0.2) is 43.6 Å². The van der Waals surface area contributed by atoms with Gasteiger partial charge in [0.25, 0.3) is 0 Å². The average Bonchev–Trinajstić information content (AvgIpc) is 2.60. The predicted octanol–water partition coefficient (Wildman–Crippen LogP) is 3.22. The number of hydrogen-bond donors (Lipinski definition) is 1. The smallest absolute Gasteiger partial charge is 0.192 e. The third-order valence-corrected chi connectivity index (χ3v) is 9.50. The minimum atomic E-state index is -1.93. The van der Waals surface area contributed by atoms with Crippen LogP contribution >= 0.6 is 0 Å². The second-order valence-electron chi connectivity index (χ2n) is 8.26. The lowest BCUT2D eigenvalue weighted by atomic mass is 9.86. The number of hydrogen-bond acceptors (Lipinski definition) is 4. The van der Waals surface area contributed by atoms with Gasteiger partial charge in [-0.1, -0.05) is 27.4 Å². The van der Waals surface area contributed by atoms with Crippen molar-refractivity contribution in [3.8, 4) is 0 Å². The third kappa shape index (κ3) is 3.27. The molecular formula is C16H30O4Si. The van der Waals surface area contributed by atoms with E-state index in [2.05, 4.69) is 40.4 Å². The van der Waals surface area contributed by atoms with Crippen molar-refractivity contribution < 1.29 is 19.0 Å². The Morgan fingerprint density at radius 3 is 2.38 bits per heavy atom. The van der Waals surface area contributed by atoms with Crippen molar-refractivity contribution in [1.29, 1.82) is 0 Å². The molecule has 122 valence electrons.